The van der Waals surface area contributed by atoms with E-state index in [-0.39, 0.29) is 18.3 Å². The van der Waals surface area contributed by atoms with Crippen molar-refractivity contribution in [2.75, 3.05) is 7.05 Å². The molecule has 0 radical (unpaired) electrons. The summed E-state index contributed by atoms with van der Waals surface area (Å²) in [5, 5.41) is 0.668. The number of benzene rings is 1. The molecule has 0 aliphatic heterocycles. The van der Waals surface area contributed by atoms with Crippen molar-refractivity contribution in [3.8, 4) is 0 Å². The fraction of sp³-hybridized carbons (Fsp3) is 0.364. The predicted molar refractivity (Wildman–Crippen MR) is 68.8 cm³/mol. The lowest BCUT2D eigenvalue weighted by molar-refractivity contribution is -0.131. The Bertz CT molecular complexity index is 356. The molecule has 0 aliphatic rings. The van der Waals surface area contributed by atoms with Gasteiger partial charge in [0.25, 0.3) is 0 Å². The molecule has 1 atom stereocenters. The zero-order valence-electron chi connectivity index (χ0n) is 9.31. The molecule has 3 nitrogen and oxygen atoms in total. The van der Waals surface area contributed by atoms with E-state index in [1.807, 2.05) is 18.2 Å². The number of halogens is 2. The van der Waals surface area contributed by atoms with E-state index >= 15 is 0 Å². The molecule has 16 heavy (non-hydrogen) atoms. The normalized spacial score (nSPS) is 11.5. The van der Waals surface area contributed by atoms with Crippen LogP contribution in [0, 0.1) is 0 Å². The van der Waals surface area contributed by atoms with E-state index in [2.05, 4.69) is 0 Å². The molecular formula is C11H16Cl2N2O. The number of rotatable bonds is 3. The molecular weight excluding hydrogens is 247 g/mol. The Hall–Kier alpha value is -0.770. The maximum atomic E-state index is 11.5. The third-order valence-corrected chi connectivity index (χ3v) is 2.50. The molecule has 0 aliphatic carbocycles. The van der Waals surface area contributed by atoms with Gasteiger partial charge >= 0.3 is 0 Å². The molecule has 0 fully saturated rings. The van der Waals surface area contributed by atoms with Crippen LogP contribution in [0.5, 0.6) is 0 Å². The highest BCUT2D eigenvalue weighted by molar-refractivity contribution is 6.31. The molecule has 1 aromatic carbocycles. The van der Waals surface area contributed by atoms with E-state index in [0.29, 0.717) is 11.6 Å². The second-order valence-electron chi connectivity index (χ2n) is 3.57. The van der Waals surface area contributed by atoms with E-state index in [9.17, 15) is 4.79 Å². The summed E-state index contributed by atoms with van der Waals surface area (Å²) in [6, 6.07) is 6.98. The van der Waals surface area contributed by atoms with Crippen LogP contribution in [0.15, 0.2) is 24.3 Å². The van der Waals surface area contributed by atoms with Crippen molar-refractivity contribution in [1.82, 2.24) is 4.90 Å². The zero-order valence-corrected chi connectivity index (χ0v) is 10.9. The highest BCUT2D eigenvalue weighted by Crippen LogP contribution is 2.16. The second-order valence-corrected chi connectivity index (χ2v) is 3.98. The van der Waals surface area contributed by atoms with Gasteiger partial charge in [0.2, 0.25) is 5.91 Å². The van der Waals surface area contributed by atoms with Crippen LogP contribution in [0.3, 0.4) is 0 Å². The minimum Gasteiger partial charge on any atom is -0.340 e. The smallest absolute Gasteiger partial charge is 0.239 e. The van der Waals surface area contributed by atoms with Crippen molar-refractivity contribution < 1.29 is 4.79 Å². The molecule has 5 heteroatoms. The van der Waals surface area contributed by atoms with Gasteiger partial charge in [0.15, 0.2) is 0 Å². The SMILES string of the molecule is C[C@@H](N)C(=O)N(C)Cc1ccccc1Cl.Cl. The van der Waals surface area contributed by atoms with Crippen molar-refractivity contribution in [3.63, 3.8) is 0 Å². The molecule has 0 bridgehead atoms. The fourth-order valence-corrected chi connectivity index (χ4v) is 1.50. The van der Waals surface area contributed by atoms with Crippen molar-refractivity contribution in [2.45, 2.75) is 19.5 Å². The van der Waals surface area contributed by atoms with Gasteiger partial charge in [0.05, 0.1) is 6.04 Å². The Balaban J connectivity index is 0.00000225. The molecule has 0 saturated carbocycles. The predicted octanol–water partition coefficient (Wildman–Crippen LogP) is 2.07. The average molecular weight is 263 g/mol. The van der Waals surface area contributed by atoms with Crippen LogP contribution in [0.25, 0.3) is 0 Å². The molecule has 1 amide bonds. The molecule has 0 spiro atoms. The molecule has 0 saturated heterocycles. The van der Waals surface area contributed by atoms with Crippen molar-refractivity contribution >= 4 is 29.9 Å². The first kappa shape index (κ1) is 15.2. The van der Waals surface area contributed by atoms with Gasteiger partial charge in [-0.15, -0.1) is 12.4 Å². The maximum Gasteiger partial charge on any atom is 0.239 e. The summed E-state index contributed by atoms with van der Waals surface area (Å²) < 4.78 is 0. The highest BCUT2D eigenvalue weighted by Gasteiger charge is 2.14. The van der Waals surface area contributed by atoms with E-state index in [1.165, 1.54) is 0 Å². The zero-order chi connectivity index (χ0) is 11.4. The maximum absolute atomic E-state index is 11.5. The fourth-order valence-electron chi connectivity index (χ4n) is 1.31. The van der Waals surface area contributed by atoms with Gasteiger partial charge in [-0.25, -0.2) is 0 Å². The van der Waals surface area contributed by atoms with Crippen molar-refractivity contribution in [3.05, 3.63) is 34.9 Å². The number of carbonyl (C=O) groups is 1. The number of nitrogens with two attached hydrogens (primary N) is 1. The van der Waals surface area contributed by atoms with Crippen LogP contribution < -0.4 is 5.73 Å². The Kier molecular flexibility index (Phi) is 6.41. The minimum atomic E-state index is -0.475. The highest BCUT2D eigenvalue weighted by atomic mass is 35.5. The van der Waals surface area contributed by atoms with Gasteiger partial charge in [0, 0.05) is 18.6 Å². The van der Waals surface area contributed by atoms with Gasteiger partial charge in [-0.2, -0.15) is 0 Å². The lowest BCUT2D eigenvalue weighted by Crippen LogP contribution is -2.39. The van der Waals surface area contributed by atoms with E-state index in [4.69, 9.17) is 17.3 Å². The molecule has 0 heterocycles. The number of hydrogen-bond acceptors (Lipinski definition) is 2. The molecule has 2 N–H and O–H groups in total. The standard InChI is InChI=1S/C11H15ClN2O.ClH/c1-8(13)11(15)14(2)7-9-5-3-4-6-10(9)12;/h3-6,8H,7,13H2,1-2H3;1H/t8-;/m1./s1. The van der Waals surface area contributed by atoms with Gasteiger partial charge in [0.1, 0.15) is 0 Å². The summed E-state index contributed by atoms with van der Waals surface area (Å²) >= 11 is 5.98. The summed E-state index contributed by atoms with van der Waals surface area (Å²) in [5.41, 5.74) is 6.43. The quantitative estimate of drug-likeness (QED) is 0.907. The Morgan fingerprint density at radius 1 is 1.50 bits per heavy atom. The average Bonchev–Trinajstić information content (AvgIpc) is 2.20. The van der Waals surface area contributed by atoms with Crippen LogP contribution >= 0.6 is 24.0 Å². The number of hydrogen-bond donors (Lipinski definition) is 1. The summed E-state index contributed by atoms with van der Waals surface area (Å²) in [6.45, 7) is 2.16. The molecule has 1 rings (SSSR count). The Morgan fingerprint density at radius 2 is 2.06 bits per heavy atom. The monoisotopic (exact) mass is 262 g/mol. The largest absolute Gasteiger partial charge is 0.340 e. The second kappa shape index (κ2) is 6.74. The van der Waals surface area contributed by atoms with E-state index < -0.39 is 6.04 Å². The molecule has 1 aromatic rings. The van der Waals surface area contributed by atoms with Crippen LogP contribution in [-0.2, 0) is 11.3 Å². The number of nitrogens with zero attached hydrogens (tertiary/aromatic N) is 1. The number of carbonyl (C=O) groups excluding carboxylic acids is 1. The van der Waals surface area contributed by atoms with Gasteiger partial charge in [-0.3, -0.25) is 4.79 Å². The van der Waals surface area contributed by atoms with E-state index in [1.54, 1.807) is 24.9 Å². The van der Waals surface area contributed by atoms with Crippen molar-refractivity contribution in [2.24, 2.45) is 5.73 Å². The van der Waals surface area contributed by atoms with Crippen LogP contribution in [0.1, 0.15) is 12.5 Å². The Morgan fingerprint density at radius 3 is 2.56 bits per heavy atom. The van der Waals surface area contributed by atoms with Crippen LogP contribution in [0.4, 0.5) is 0 Å². The first-order valence-corrected chi connectivity index (χ1v) is 5.14. The first-order valence-electron chi connectivity index (χ1n) is 4.76. The van der Waals surface area contributed by atoms with Crippen molar-refractivity contribution in [1.29, 1.82) is 0 Å². The lowest BCUT2D eigenvalue weighted by Gasteiger charge is -2.19. The first-order chi connectivity index (χ1) is 7.02. The number of likely N-dealkylation sites (N-methyl/N-ethyl adjacent to an activating group) is 1. The van der Waals surface area contributed by atoms with Gasteiger partial charge in [-0.1, -0.05) is 29.8 Å². The third-order valence-electron chi connectivity index (χ3n) is 2.13. The summed E-state index contributed by atoms with van der Waals surface area (Å²) in [5.74, 6) is -0.0880. The molecule has 0 unspecified atom stereocenters. The van der Waals surface area contributed by atoms with Gasteiger partial charge in [-0.05, 0) is 18.6 Å². The lowest BCUT2D eigenvalue weighted by atomic mass is 10.2. The topological polar surface area (TPSA) is 46.3 Å². The summed E-state index contributed by atoms with van der Waals surface area (Å²) in [4.78, 5) is 13.1. The molecule has 90 valence electrons. The van der Waals surface area contributed by atoms with Gasteiger partial charge < -0.3 is 10.6 Å². The Labute approximate surface area is 107 Å². The third kappa shape index (κ3) is 4.00. The van der Waals surface area contributed by atoms with Crippen LogP contribution in [-0.4, -0.2) is 23.9 Å². The molecule has 0 aromatic heterocycles. The van der Waals surface area contributed by atoms with Crippen LogP contribution in [0.2, 0.25) is 5.02 Å². The number of amides is 1. The minimum absolute atomic E-state index is 0. The van der Waals surface area contributed by atoms with E-state index in [0.717, 1.165) is 5.56 Å². The summed E-state index contributed by atoms with van der Waals surface area (Å²) in [6.07, 6.45) is 0. The summed E-state index contributed by atoms with van der Waals surface area (Å²) in [7, 11) is 1.72.